The van der Waals surface area contributed by atoms with Gasteiger partial charge in [-0.25, -0.2) is 4.98 Å². The van der Waals surface area contributed by atoms with Gasteiger partial charge in [0, 0.05) is 30.3 Å². The average Bonchev–Trinajstić information content (AvgIpc) is 3.21. The molecule has 1 heterocycles. The fourth-order valence-electron chi connectivity index (χ4n) is 1.78. The van der Waals surface area contributed by atoms with E-state index < -0.39 is 0 Å². The Bertz CT molecular complexity index is 515. The predicted octanol–water partition coefficient (Wildman–Crippen LogP) is 1.70. The van der Waals surface area contributed by atoms with Gasteiger partial charge in [-0.3, -0.25) is 9.59 Å². The Balaban J connectivity index is 1.81. The van der Waals surface area contributed by atoms with Gasteiger partial charge in [-0.15, -0.1) is 0 Å². The van der Waals surface area contributed by atoms with Gasteiger partial charge >= 0.3 is 0 Å². The second kappa shape index (κ2) is 6.70. The molecule has 0 bridgehead atoms. The Hall–Kier alpha value is -1.62. The summed E-state index contributed by atoms with van der Waals surface area (Å²) in [6.45, 7) is 2.27. The largest absolute Gasteiger partial charge is 0.353 e. The highest BCUT2D eigenvalue weighted by Gasteiger charge is 2.22. The molecule has 2 amide bonds. The molecule has 1 fully saturated rings. The van der Waals surface area contributed by atoms with E-state index in [-0.39, 0.29) is 11.8 Å². The molecule has 0 aromatic carbocycles. The van der Waals surface area contributed by atoms with Crippen molar-refractivity contribution < 1.29 is 9.59 Å². The molecular weight excluding hydrogens is 278 g/mol. The number of nitrogens with one attached hydrogen (secondary N) is 2. The van der Waals surface area contributed by atoms with E-state index in [4.69, 9.17) is 11.6 Å². The normalized spacial score (nSPS) is 13.9. The molecule has 0 radical (unpaired) electrons. The van der Waals surface area contributed by atoms with E-state index in [2.05, 4.69) is 15.6 Å². The van der Waals surface area contributed by atoms with E-state index in [1.807, 2.05) is 6.92 Å². The molecule has 1 aliphatic rings. The van der Waals surface area contributed by atoms with Crippen molar-refractivity contribution in [3.63, 3.8) is 0 Å². The minimum atomic E-state index is -0.233. The summed E-state index contributed by atoms with van der Waals surface area (Å²) < 4.78 is 0. The van der Waals surface area contributed by atoms with Crippen molar-refractivity contribution in [3.05, 3.63) is 28.5 Å². The summed E-state index contributed by atoms with van der Waals surface area (Å²) in [7, 11) is 0. The van der Waals surface area contributed by atoms with E-state index >= 15 is 0 Å². The van der Waals surface area contributed by atoms with E-state index in [1.165, 1.54) is 6.07 Å². The summed E-state index contributed by atoms with van der Waals surface area (Å²) in [5.74, 6) is -0.252. The quantitative estimate of drug-likeness (QED) is 0.785. The van der Waals surface area contributed by atoms with Crippen LogP contribution in [0.3, 0.4) is 0 Å². The molecule has 0 atom stereocenters. The van der Waals surface area contributed by atoms with Gasteiger partial charge in [0.05, 0.1) is 0 Å². The van der Waals surface area contributed by atoms with Crippen LogP contribution < -0.4 is 10.6 Å². The first-order chi connectivity index (χ1) is 9.58. The van der Waals surface area contributed by atoms with Gasteiger partial charge < -0.3 is 10.6 Å². The number of hydrogen-bond donors (Lipinski definition) is 2. The standard InChI is InChI=1S/C14H18ClN3O2/c1-2-10-7-9(8-12(15)17-10)14(20)16-6-5-13(19)18-11-3-4-11/h7-8,11H,2-6H2,1H3,(H,16,20)(H,18,19). The molecule has 0 aliphatic heterocycles. The summed E-state index contributed by atoms with van der Waals surface area (Å²) in [5, 5.41) is 5.90. The lowest BCUT2D eigenvalue weighted by molar-refractivity contribution is -0.121. The first-order valence-electron chi connectivity index (χ1n) is 6.82. The minimum absolute atomic E-state index is 0.0187. The van der Waals surface area contributed by atoms with E-state index in [0.29, 0.717) is 36.1 Å². The van der Waals surface area contributed by atoms with E-state index in [9.17, 15) is 9.59 Å². The third-order valence-electron chi connectivity index (χ3n) is 3.05. The maximum Gasteiger partial charge on any atom is 0.251 e. The Morgan fingerprint density at radius 2 is 2.15 bits per heavy atom. The number of aryl methyl sites for hydroxylation is 1. The third kappa shape index (κ3) is 4.49. The number of aromatic nitrogens is 1. The molecule has 0 saturated heterocycles. The number of amides is 2. The molecule has 0 spiro atoms. The van der Waals surface area contributed by atoms with Crippen LogP contribution in [0.15, 0.2) is 12.1 Å². The first kappa shape index (κ1) is 14.8. The number of hydrogen-bond acceptors (Lipinski definition) is 3. The zero-order valence-electron chi connectivity index (χ0n) is 11.4. The molecule has 1 aliphatic carbocycles. The van der Waals surface area contributed by atoms with Crippen LogP contribution in [-0.4, -0.2) is 29.4 Å². The minimum Gasteiger partial charge on any atom is -0.353 e. The number of carbonyl (C=O) groups excluding carboxylic acids is 2. The maximum atomic E-state index is 12.0. The topological polar surface area (TPSA) is 71.1 Å². The van der Waals surface area contributed by atoms with Crippen LogP contribution in [-0.2, 0) is 11.2 Å². The molecule has 1 saturated carbocycles. The maximum absolute atomic E-state index is 12.0. The smallest absolute Gasteiger partial charge is 0.251 e. The monoisotopic (exact) mass is 295 g/mol. The SMILES string of the molecule is CCc1cc(C(=O)NCCC(=O)NC2CC2)cc(Cl)n1. The summed E-state index contributed by atoms with van der Waals surface area (Å²) >= 11 is 5.87. The van der Waals surface area contributed by atoms with Crippen LogP contribution in [0.25, 0.3) is 0 Å². The highest BCUT2D eigenvalue weighted by atomic mass is 35.5. The molecule has 0 unspecified atom stereocenters. The Morgan fingerprint density at radius 1 is 1.40 bits per heavy atom. The van der Waals surface area contributed by atoms with Gasteiger partial charge in [0.25, 0.3) is 5.91 Å². The van der Waals surface area contributed by atoms with E-state index in [1.54, 1.807) is 6.07 Å². The number of rotatable bonds is 6. The predicted molar refractivity (Wildman–Crippen MR) is 76.7 cm³/mol. The third-order valence-corrected chi connectivity index (χ3v) is 3.25. The van der Waals surface area contributed by atoms with Crippen molar-refractivity contribution in [1.82, 2.24) is 15.6 Å². The Labute approximate surface area is 123 Å². The van der Waals surface area contributed by atoms with Crippen LogP contribution >= 0.6 is 11.6 Å². The molecule has 2 rings (SSSR count). The van der Waals surface area contributed by atoms with Crippen LogP contribution in [0.2, 0.25) is 5.15 Å². The summed E-state index contributed by atoms with van der Waals surface area (Å²) in [4.78, 5) is 27.5. The second-order valence-corrected chi connectivity index (χ2v) is 5.26. The Morgan fingerprint density at radius 3 is 2.80 bits per heavy atom. The van der Waals surface area contributed by atoms with Gasteiger partial charge in [0.1, 0.15) is 5.15 Å². The van der Waals surface area contributed by atoms with Crippen molar-refractivity contribution in [1.29, 1.82) is 0 Å². The van der Waals surface area contributed by atoms with Crippen molar-refractivity contribution in [2.75, 3.05) is 6.54 Å². The Kier molecular flexibility index (Phi) is 4.95. The second-order valence-electron chi connectivity index (χ2n) is 4.87. The molecule has 2 N–H and O–H groups in total. The molecule has 108 valence electrons. The number of nitrogens with zero attached hydrogens (tertiary/aromatic N) is 1. The first-order valence-corrected chi connectivity index (χ1v) is 7.20. The number of halogens is 1. The lowest BCUT2D eigenvalue weighted by Gasteiger charge is -2.07. The fraction of sp³-hybridized carbons (Fsp3) is 0.500. The van der Waals surface area contributed by atoms with Gasteiger partial charge in [-0.1, -0.05) is 18.5 Å². The summed E-state index contributed by atoms with van der Waals surface area (Å²) in [5.41, 5.74) is 1.25. The molecule has 5 nitrogen and oxygen atoms in total. The highest BCUT2D eigenvalue weighted by Crippen LogP contribution is 2.18. The van der Waals surface area contributed by atoms with Crippen LogP contribution in [0.1, 0.15) is 42.2 Å². The van der Waals surface area contributed by atoms with Crippen molar-refractivity contribution >= 4 is 23.4 Å². The van der Waals surface area contributed by atoms with Crippen molar-refractivity contribution in [2.24, 2.45) is 0 Å². The summed E-state index contributed by atoms with van der Waals surface area (Å²) in [6, 6.07) is 3.59. The zero-order chi connectivity index (χ0) is 14.5. The van der Waals surface area contributed by atoms with Crippen molar-refractivity contribution in [2.45, 2.75) is 38.6 Å². The lowest BCUT2D eigenvalue weighted by atomic mass is 10.2. The average molecular weight is 296 g/mol. The fourth-order valence-corrected chi connectivity index (χ4v) is 2.01. The highest BCUT2D eigenvalue weighted by molar-refractivity contribution is 6.29. The van der Waals surface area contributed by atoms with Gasteiger partial charge in [-0.05, 0) is 31.4 Å². The van der Waals surface area contributed by atoms with Crippen LogP contribution in [0.4, 0.5) is 0 Å². The van der Waals surface area contributed by atoms with Gasteiger partial charge in [-0.2, -0.15) is 0 Å². The summed E-state index contributed by atoms with van der Waals surface area (Å²) in [6.07, 6.45) is 3.13. The zero-order valence-corrected chi connectivity index (χ0v) is 12.2. The van der Waals surface area contributed by atoms with Gasteiger partial charge in [0.15, 0.2) is 0 Å². The number of pyridine rings is 1. The molecule has 6 heteroatoms. The molecule has 1 aromatic heterocycles. The molecular formula is C14H18ClN3O2. The van der Waals surface area contributed by atoms with Crippen molar-refractivity contribution in [3.8, 4) is 0 Å². The van der Waals surface area contributed by atoms with Gasteiger partial charge in [0.2, 0.25) is 5.91 Å². The van der Waals surface area contributed by atoms with E-state index in [0.717, 1.165) is 18.5 Å². The van der Waals surface area contributed by atoms with Crippen LogP contribution in [0, 0.1) is 0 Å². The molecule has 20 heavy (non-hydrogen) atoms. The van der Waals surface area contributed by atoms with Crippen LogP contribution in [0.5, 0.6) is 0 Å². The molecule has 1 aromatic rings. The lowest BCUT2D eigenvalue weighted by Crippen LogP contribution is -2.31. The number of carbonyl (C=O) groups is 2.